The summed E-state index contributed by atoms with van der Waals surface area (Å²) in [4.78, 5) is 24.4. The molecule has 0 saturated heterocycles. The van der Waals surface area contributed by atoms with Crippen LogP contribution in [-0.2, 0) is 4.79 Å². The molecule has 2 unspecified atom stereocenters. The van der Waals surface area contributed by atoms with Crippen molar-refractivity contribution >= 4 is 11.8 Å². The van der Waals surface area contributed by atoms with Crippen LogP contribution < -0.4 is 15.4 Å². The van der Waals surface area contributed by atoms with E-state index in [0.29, 0.717) is 11.3 Å². The number of benzene rings is 2. The molecule has 2 amide bonds. The highest BCUT2D eigenvalue weighted by Gasteiger charge is 2.20. The highest BCUT2D eigenvalue weighted by Crippen LogP contribution is 2.24. The van der Waals surface area contributed by atoms with Crippen LogP contribution in [-0.4, -0.2) is 25.0 Å². The molecular formula is C19H22N2O3. The lowest BCUT2D eigenvalue weighted by Gasteiger charge is -2.20. The van der Waals surface area contributed by atoms with E-state index in [0.717, 1.165) is 5.56 Å². The van der Waals surface area contributed by atoms with Crippen LogP contribution in [0.5, 0.6) is 5.75 Å². The second-order valence-corrected chi connectivity index (χ2v) is 5.53. The molecule has 0 bridgehead atoms. The number of rotatable bonds is 6. The molecule has 2 aromatic rings. The van der Waals surface area contributed by atoms with Gasteiger partial charge in [0.05, 0.1) is 13.2 Å². The van der Waals surface area contributed by atoms with Crippen molar-refractivity contribution in [2.45, 2.75) is 25.9 Å². The fraction of sp³-hybridized carbons (Fsp3) is 0.263. The number of methoxy groups -OCH3 is 1. The van der Waals surface area contributed by atoms with Crippen LogP contribution in [0, 0.1) is 0 Å². The summed E-state index contributed by atoms with van der Waals surface area (Å²) in [6, 6.07) is 15.4. The first kappa shape index (κ1) is 17.5. The molecule has 2 rings (SSSR count). The van der Waals surface area contributed by atoms with Gasteiger partial charge in [0, 0.05) is 11.1 Å². The minimum atomic E-state index is -0.644. The Morgan fingerprint density at radius 3 is 2.21 bits per heavy atom. The second-order valence-electron chi connectivity index (χ2n) is 5.53. The Balaban J connectivity index is 1.97. The molecule has 0 aromatic heterocycles. The highest BCUT2D eigenvalue weighted by molar-refractivity contribution is 5.97. The second kappa shape index (κ2) is 8.15. The monoisotopic (exact) mass is 326 g/mol. The molecule has 0 radical (unpaired) electrons. The molecule has 0 saturated carbocycles. The summed E-state index contributed by atoms with van der Waals surface area (Å²) >= 11 is 0. The van der Waals surface area contributed by atoms with Gasteiger partial charge in [0.2, 0.25) is 5.91 Å². The standard InChI is InChI=1S/C19H22N2O3/c1-13(16-11-7-8-12-17(16)24-3)20-18(22)14(2)21-19(23)15-9-5-4-6-10-15/h4-14H,1-3H3,(H,20,22)(H,21,23). The van der Waals surface area contributed by atoms with Crippen LogP contribution in [0.25, 0.3) is 0 Å². The minimum Gasteiger partial charge on any atom is -0.496 e. The Labute approximate surface area is 142 Å². The van der Waals surface area contributed by atoms with Crippen molar-refractivity contribution < 1.29 is 14.3 Å². The van der Waals surface area contributed by atoms with Crippen LogP contribution in [0.3, 0.4) is 0 Å². The normalized spacial score (nSPS) is 12.8. The van der Waals surface area contributed by atoms with Crippen LogP contribution in [0.2, 0.25) is 0 Å². The molecule has 5 heteroatoms. The summed E-state index contributed by atoms with van der Waals surface area (Å²) in [6.45, 7) is 3.53. The van der Waals surface area contributed by atoms with Crippen molar-refractivity contribution in [3.05, 3.63) is 65.7 Å². The van der Waals surface area contributed by atoms with Crippen molar-refractivity contribution in [2.24, 2.45) is 0 Å². The third kappa shape index (κ3) is 4.35. The summed E-state index contributed by atoms with van der Waals surface area (Å²) in [6.07, 6.45) is 0. The number of hydrogen-bond donors (Lipinski definition) is 2. The molecule has 0 spiro atoms. The van der Waals surface area contributed by atoms with E-state index in [2.05, 4.69) is 10.6 Å². The Bertz CT molecular complexity index is 701. The summed E-state index contributed by atoms with van der Waals surface area (Å²) in [5.41, 5.74) is 1.41. The Morgan fingerprint density at radius 2 is 1.54 bits per heavy atom. The summed E-state index contributed by atoms with van der Waals surface area (Å²) in [5.74, 6) is 0.187. The fourth-order valence-corrected chi connectivity index (χ4v) is 2.38. The van der Waals surface area contributed by atoms with Gasteiger partial charge in [-0.2, -0.15) is 0 Å². The SMILES string of the molecule is COc1ccccc1C(C)NC(=O)C(C)NC(=O)c1ccccc1. The van der Waals surface area contributed by atoms with Gasteiger partial charge >= 0.3 is 0 Å². The van der Waals surface area contributed by atoms with Gasteiger partial charge < -0.3 is 15.4 Å². The maximum atomic E-state index is 12.3. The number of nitrogens with one attached hydrogen (secondary N) is 2. The summed E-state index contributed by atoms with van der Waals surface area (Å²) in [5, 5.41) is 5.59. The fourth-order valence-electron chi connectivity index (χ4n) is 2.38. The summed E-state index contributed by atoms with van der Waals surface area (Å²) in [7, 11) is 1.59. The van der Waals surface area contributed by atoms with Gasteiger partial charge in [-0.3, -0.25) is 9.59 Å². The van der Waals surface area contributed by atoms with Crippen LogP contribution >= 0.6 is 0 Å². The van der Waals surface area contributed by atoms with Gasteiger partial charge in [-0.05, 0) is 32.0 Å². The molecule has 0 aliphatic carbocycles. The quantitative estimate of drug-likeness (QED) is 0.857. The maximum Gasteiger partial charge on any atom is 0.251 e. The topological polar surface area (TPSA) is 67.4 Å². The van der Waals surface area contributed by atoms with E-state index >= 15 is 0 Å². The average Bonchev–Trinajstić information content (AvgIpc) is 2.62. The molecule has 126 valence electrons. The van der Waals surface area contributed by atoms with Gasteiger partial charge in [-0.25, -0.2) is 0 Å². The van der Waals surface area contributed by atoms with Crippen molar-refractivity contribution in [3.8, 4) is 5.75 Å². The van der Waals surface area contributed by atoms with Gasteiger partial charge in [0.1, 0.15) is 11.8 Å². The number of para-hydroxylation sites is 1. The number of amides is 2. The first-order valence-electron chi connectivity index (χ1n) is 7.82. The van der Waals surface area contributed by atoms with Gasteiger partial charge in [0.25, 0.3) is 5.91 Å². The Hall–Kier alpha value is -2.82. The zero-order valence-electron chi connectivity index (χ0n) is 14.1. The molecule has 2 atom stereocenters. The first-order chi connectivity index (χ1) is 11.5. The van der Waals surface area contributed by atoms with Crippen LogP contribution in [0.1, 0.15) is 35.8 Å². The molecule has 0 aliphatic heterocycles. The third-order valence-corrected chi connectivity index (χ3v) is 3.74. The number of carbonyl (C=O) groups excluding carboxylic acids is 2. The highest BCUT2D eigenvalue weighted by atomic mass is 16.5. The van der Waals surface area contributed by atoms with Crippen molar-refractivity contribution in [3.63, 3.8) is 0 Å². The van der Waals surface area contributed by atoms with E-state index in [-0.39, 0.29) is 17.9 Å². The molecule has 0 fully saturated rings. The van der Waals surface area contributed by atoms with Crippen molar-refractivity contribution in [1.29, 1.82) is 0 Å². The molecule has 24 heavy (non-hydrogen) atoms. The predicted molar refractivity (Wildman–Crippen MR) is 92.9 cm³/mol. The lowest BCUT2D eigenvalue weighted by Crippen LogP contribution is -2.45. The van der Waals surface area contributed by atoms with Crippen LogP contribution in [0.4, 0.5) is 0 Å². The smallest absolute Gasteiger partial charge is 0.251 e. The zero-order valence-corrected chi connectivity index (χ0v) is 14.1. The van der Waals surface area contributed by atoms with Gasteiger partial charge in [-0.15, -0.1) is 0 Å². The minimum absolute atomic E-state index is 0.232. The largest absolute Gasteiger partial charge is 0.496 e. The first-order valence-corrected chi connectivity index (χ1v) is 7.82. The molecule has 2 aromatic carbocycles. The number of ether oxygens (including phenoxy) is 1. The number of hydrogen-bond acceptors (Lipinski definition) is 3. The van der Waals surface area contributed by atoms with E-state index in [1.54, 1.807) is 38.3 Å². The van der Waals surface area contributed by atoms with Crippen LogP contribution in [0.15, 0.2) is 54.6 Å². The van der Waals surface area contributed by atoms with E-state index < -0.39 is 6.04 Å². The summed E-state index contributed by atoms with van der Waals surface area (Å²) < 4.78 is 5.31. The third-order valence-electron chi connectivity index (χ3n) is 3.74. The predicted octanol–water partition coefficient (Wildman–Crippen LogP) is 2.69. The Kier molecular flexibility index (Phi) is 5.95. The molecule has 5 nitrogen and oxygen atoms in total. The average molecular weight is 326 g/mol. The zero-order chi connectivity index (χ0) is 17.5. The maximum absolute atomic E-state index is 12.3. The van der Waals surface area contributed by atoms with E-state index in [4.69, 9.17) is 4.74 Å². The molecule has 2 N–H and O–H groups in total. The Morgan fingerprint density at radius 1 is 0.917 bits per heavy atom. The lowest BCUT2D eigenvalue weighted by atomic mass is 10.1. The molecule has 0 heterocycles. The molecule has 0 aliphatic rings. The van der Waals surface area contributed by atoms with Gasteiger partial charge in [0.15, 0.2) is 0 Å². The van der Waals surface area contributed by atoms with E-state index in [1.807, 2.05) is 37.3 Å². The van der Waals surface area contributed by atoms with E-state index in [9.17, 15) is 9.59 Å². The van der Waals surface area contributed by atoms with Gasteiger partial charge in [-0.1, -0.05) is 36.4 Å². The number of carbonyl (C=O) groups is 2. The van der Waals surface area contributed by atoms with Crippen molar-refractivity contribution in [1.82, 2.24) is 10.6 Å². The van der Waals surface area contributed by atoms with Crippen molar-refractivity contribution in [2.75, 3.05) is 7.11 Å². The molecular weight excluding hydrogens is 304 g/mol. The lowest BCUT2D eigenvalue weighted by molar-refractivity contribution is -0.123. The van der Waals surface area contributed by atoms with E-state index in [1.165, 1.54) is 0 Å².